The topological polar surface area (TPSA) is 17.1 Å². The van der Waals surface area contributed by atoms with Crippen LogP contribution in [-0.2, 0) is 4.79 Å². The highest BCUT2D eigenvalue weighted by Gasteiger charge is 2.47. The Morgan fingerprint density at radius 3 is 2.47 bits per heavy atom. The SMILES string of the molecule is CC1(C)CCC(CCCI)C(C)(C)C1=O. The molecule has 1 fully saturated rings. The molecule has 0 aliphatic heterocycles. The minimum Gasteiger partial charge on any atom is -0.298 e. The molecule has 1 atom stereocenters. The first-order valence-corrected chi connectivity index (χ1v) is 7.46. The number of ketones is 1. The van der Waals surface area contributed by atoms with E-state index in [4.69, 9.17) is 0 Å². The fourth-order valence-corrected chi connectivity index (χ4v) is 3.34. The summed E-state index contributed by atoms with van der Waals surface area (Å²) in [5.41, 5.74) is -0.197. The standard InChI is InChI=1S/C13H23IO/c1-12(2)8-7-10(6-5-9-14)13(3,4)11(12)15/h10H,5-9H2,1-4H3. The third-order valence-corrected chi connectivity index (χ3v) is 4.79. The molecular weight excluding hydrogens is 299 g/mol. The van der Waals surface area contributed by atoms with Crippen LogP contribution in [0.5, 0.6) is 0 Å². The van der Waals surface area contributed by atoms with Gasteiger partial charge in [0, 0.05) is 10.8 Å². The van der Waals surface area contributed by atoms with Gasteiger partial charge in [-0.2, -0.15) is 0 Å². The second kappa shape index (κ2) is 4.72. The van der Waals surface area contributed by atoms with Gasteiger partial charge in [0.1, 0.15) is 5.78 Å². The smallest absolute Gasteiger partial charge is 0.144 e. The maximum Gasteiger partial charge on any atom is 0.144 e. The van der Waals surface area contributed by atoms with Gasteiger partial charge in [0.2, 0.25) is 0 Å². The molecule has 0 heterocycles. The van der Waals surface area contributed by atoms with Gasteiger partial charge in [-0.25, -0.2) is 0 Å². The van der Waals surface area contributed by atoms with Crippen molar-refractivity contribution >= 4 is 28.4 Å². The van der Waals surface area contributed by atoms with Crippen molar-refractivity contribution in [3.63, 3.8) is 0 Å². The van der Waals surface area contributed by atoms with Gasteiger partial charge in [-0.05, 0) is 36.0 Å². The largest absolute Gasteiger partial charge is 0.298 e. The summed E-state index contributed by atoms with van der Waals surface area (Å²) in [6.07, 6.45) is 4.77. The Hall–Kier alpha value is 0.400. The number of carbonyl (C=O) groups excluding carboxylic acids is 1. The molecule has 0 radical (unpaired) electrons. The molecule has 88 valence electrons. The zero-order valence-corrected chi connectivity index (χ0v) is 12.6. The monoisotopic (exact) mass is 322 g/mol. The summed E-state index contributed by atoms with van der Waals surface area (Å²) in [4.78, 5) is 12.3. The molecule has 2 heteroatoms. The molecule has 0 saturated heterocycles. The number of carbonyl (C=O) groups is 1. The molecule has 0 N–H and O–H groups in total. The first kappa shape index (κ1) is 13.5. The van der Waals surface area contributed by atoms with Crippen LogP contribution >= 0.6 is 22.6 Å². The zero-order valence-electron chi connectivity index (χ0n) is 10.4. The van der Waals surface area contributed by atoms with Crippen LogP contribution in [0.2, 0.25) is 0 Å². The van der Waals surface area contributed by atoms with Crippen molar-refractivity contribution in [3.05, 3.63) is 0 Å². The average molecular weight is 322 g/mol. The highest BCUT2D eigenvalue weighted by Crippen LogP contribution is 2.47. The minimum atomic E-state index is -0.104. The molecule has 0 bridgehead atoms. The summed E-state index contributed by atoms with van der Waals surface area (Å²) >= 11 is 2.42. The summed E-state index contributed by atoms with van der Waals surface area (Å²) in [5, 5.41) is 0. The lowest BCUT2D eigenvalue weighted by Crippen LogP contribution is -2.46. The zero-order chi connectivity index (χ0) is 11.7. The van der Waals surface area contributed by atoms with Crippen molar-refractivity contribution in [2.45, 2.75) is 53.4 Å². The number of rotatable bonds is 3. The average Bonchev–Trinajstić information content (AvgIpc) is 2.14. The van der Waals surface area contributed by atoms with Gasteiger partial charge in [-0.3, -0.25) is 4.79 Å². The highest BCUT2D eigenvalue weighted by atomic mass is 127. The number of hydrogen-bond acceptors (Lipinski definition) is 1. The lowest BCUT2D eigenvalue weighted by atomic mass is 9.58. The van der Waals surface area contributed by atoms with Crippen molar-refractivity contribution in [1.29, 1.82) is 0 Å². The van der Waals surface area contributed by atoms with Crippen LogP contribution < -0.4 is 0 Å². The van der Waals surface area contributed by atoms with Gasteiger partial charge >= 0.3 is 0 Å². The Bertz CT molecular complexity index is 243. The Kier molecular flexibility index (Phi) is 4.24. The number of alkyl halides is 1. The van der Waals surface area contributed by atoms with Crippen LogP contribution in [0, 0.1) is 16.7 Å². The van der Waals surface area contributed by atoms with E-state index in [9.17, 15) is 4.79 Å². The Labute approximate surface area is 108 Å². The summed E-state index contributed by atoms with van der Waals surface area (Å²) in [6, 6.07) is 0. The molecule has 1 aliphatic carbocycles. The summed E-state index contributed by atoms with van der Waals surface area (Å²) in [6.45, 7) is 8.50. The van der Waals surface area contributed by atoms with Crippen LogP contribution in [0.4, 0.5) is 0 Å². The maximum atomic E-state index is 12.3. The van der Waals surface area contributed by atoms with Crippen LogP contribution in [0.1, 0.15) is 53.4 Å². The van der Waals surface area contributed by atoms with Gasteiger partial charge in [0.25, 0.3) is 0 Å². The Morgan fingerprint density at radius 2 is 1.93 bits per heavy atom. The lowest BCUT2D eigenvalue weighted by molar-refractivity contribution is -0.144. The molecule has 0 aromatic heterocycles. The molecule has 1 nitrogen and oxygen atoms in total. The third kappa shape index (κ3) is 2.75. The maximum absolute atomic E-state index is 12.3. The van der Waals surface area contributed by atoms with Gasteiger partial charge in [0.05, 0.1) is 0 Å². The first-order chi connectivity index (χ1) is 6.82. The first-order valence-electron chi connectivity index (χ1n) is 5.93. The molecule has 0 amide bonds. The van der Waals surface area contributed by atoms with E-state index >= 15 is 0 Å². The number of hydrogen-bond donors (Lipinski definition) is 0. The van der Waals surface area contributed by atoms with E-state index < -0.39 is 0 Å². The van der Waals surface area contributed by atoms with E-state index in [2.05, 4.69) is 50.3 Å². The normalized spacial score (nSPS) is 29.1. The quantitative estimate of drug-likeness (QED) is 0.561. The third-order valence-electron chi connectivity index (χ3n) is 4.02. The van der Waals surface area contributed by atoms with Gasteiger partial charge in [0.15, 0.2) is 0 Å². The summed E-state index contributed by atoms with van der Waals surface area (Å²) < 4.78 is 1.21. The van der Waals surface area contributed by atoms with Crippen molar-refractivity contribution < 1.29 is 4.79 Å². The Balaban J connectivity index is 2.75. The lowest BCUT2D eigenvalue weighted by Gasteiger charge is -2.45. The van der Waals surface area contributed by atoms with Crippen molar-refractivity contribution in [2.24, 2.45) is 16.7 Å². The molecule has 0 aromatic rings. The highest BCUT2D eigenvalue weighted by molar-refractivity contribution is 14.1. The fraction of sp³-hybridized carbons (Fsp3) is 0.923. The minimum absolute atomic E-state index is 0.0929. The molecule has 0 spiro atoms. The van der Waals surface area contributed by atoms with E-state index in [-0.39, 0.29) is 10.8 Å². The molecule has 1 aliphatic rings. The van der Waals surface area contributed by atoms with E-state index in [1.165, 1.54) is 23.7 Å². The molecule has 1 saturated carbocycles. The fourth-order valence-electron chi connectivity index (χ4n) is 2.90. The molecule has 15 heavy (non-hydrogen) atoms. The van der Waals surface area contributed by atoms with Gasteiger partial charge < -0.3 is 0 Å². The van der Waals surface area contributed by atoms with Gasteiger partial charge in [-0.1, -0.05) is 50.3 Å². The second-order valence-corrected chi connectivity index (χ2v) is 7.08. The predicted octanol–water partition coefficient (Wildman–Crippen LogP) is 4.23. The van der Waals surface area contributed by atoms with Crippen LogP contribution in [0.25, 0.3) is 0 Å². The van der Waals surface area contributed by atoms with Crippen LogP contribution in [0.3, 0.4) is 0 Å². The number of Topliss-reactive ketones (excluding diaryl/α,β-unsaturated/α-hetero) is 1. The van der Waals surface area contributed by atoms with Crippen LogP contribution in [0.15, 0.2) is 0 Å². The van der Waals surface area contributed by atoms with E-state index in [1.807, 2.05) is 0 Å². The van der Waals surface area contributed by atoms with Gasteiger partial charge in [-0.15, -0.1) is 0 Å². The van der Waals surface area contributed by atoms with Crippen molar-refractivity contribution in [3.8, 4) is 0 Å². The molecular formula is C13H23IO. The molecule has 1 unspecified atom stereocenters. The molecule has 1 rings (SSSR count). The summed E-state index contributed by atoms with van der Waals surface area (Å²) in [7, 11) is 0. The van der Waals surface area contributed by atoms with E-state index in [0.717, 1.165) is 6.42 Å². The summed E-state index contributed by atoms with van der Waals surface area (Å²) in [5.74, 6) is 1.08. The number of halogens is 1. The van der Waals surface area contributed by atoms with Crippen LogP contribution in [-0.4, -0.2) is 10.2 Å². The van der Waals surface area contributed by atoms with E-state index in [0.29, 0.717) is 11.7 Å². The van der Waals surface area contributed by atoms with E-state index in [1.54, 1.807) is 0 Å². The Morgan fingerprint density at radius 1 is 1.33 bits per heavy atom. The predicted molar refractivity (Wildman–Crippen MR) is 73.4 cm³/mol. The van der Waals surface area contributed by atoms with Crippen molar-refractivity contribution in [1.82, 2.24) is 0 Å². The second-order valence-electron chi connectivity index (χ2n) is 6.00. The molecule has 0 aromatic carbocycles. The van der Waals surface area contributed by atoms with Crippen molar-refractivity contribution in [2.75, 3.05) is 4.43 Å².